The van der Waals surface area contributed by atoms with Gasteiger partial charge >= 0.3 is 5.97 Å². The summed E-state index contributed by atoms with van der Waals surface area (Å²) in [5.41, 5.74) is 1.47. The maximum absolute atomic E-state index is 13.5. The number of hydrogen-bond donors (Lipinski definition) is 2. The number of carbonyl (C=O) groups excluding carboxylic acids is 1. The lowest BCUT2D eigenvalue weighted by Gasteiger charge is -2.38. The van der Waals surface area contributed by atoms with E-state index in [0.717, 1.165) is 0 Å². The molecule has 1 amide bonds. The number of H-pyrrole nitrogens is 1. The second-order valence-corrected chi connectivity index (χ2v) is 7.72. The van der Waals surface area contributed by atoms with E-state index in [0.29, 0.717) is 42.8 Å². The second kappa shape index (κ2) is 8.22. The number of carbonyl (C=O) groups is 2. The summed E-state index contributed by atoms with van der Waals surface area (Å²) in [6.45, 7) is 0.758. The van der Waals surface area contributed by atoms with Crippen LogP contribution in [0.5, 0.6) is 0 Å². The Labute approximate surface area is 171 Å². The molecule has 30 heavy (non-hydrogen) atoms. The van der Waals surface area contributed by atoms with Crippen molar-refractivity contribution in [2.75, 3.05) is 13.1 Å². The van der Waals surface area contributed by atoms with Crippen molar-refractivity contribution in [1.82, 2.24) is 14.9 Å². The highest BCUT2D eigenvalue weighted by atomic mass is 19.1. The topological polar surface area (TPSA) is 86.3 Å². The van der Waals surface area contributed by atoms with Gasteiger partial charge in [0.2, 0.25) is 0 Å². The molecular weight excluding hydrogens is 392 g/mol. The van der Waals surface area contributed by atoms with Crippen molar-refractivity contribution >= 4 is 22.9 Å². The molecular formula is C22H21F2N3O3. The van der Waals surface area contributed by atoms with Gasteiger partial charge in [0.05, 0.1) is 11.0 Å². The molecule has 0 bridgehead atoms. The Morgan fingerprint density at radius 3 is 2.70 bits per heavy atom. The van der Waals surface area contributed by atoms with Crippen LogP contribution in [0.25, 0.3) is 11.0 Å². The maximum atomic E-state index is 13.5. The van der Waals surface area contributed by atoms with E-state index in [1.54, 1.807) is 17.0 Å². The van der Waals surface area contributed by atoms with Crippen LogP contribution in [-0.4, -0.2) is 44.9 Å². The van der Waals surface area contributed by atoms with Crippen LogP contribution in [0.1, 0.15) is 29.0 Å². The fraction of sp³-hybridized carbons (Fsp3) is 0.318. The molecule has 3 aromatic rings. The number of nitrogens with zero attached hydrogens (tertiary/aromatic N) is 2. The van der Waals surface area contributed by atoms with Crippen LogP contribution in [-0.2, 0) is 11.2 Å². The molecule has 1 aromatic heterocycles. The quantitative estimate of drug-likeness (QED) is 0.669. The van der Waals surface area contributed by atoms with E-state index in [2.05, 4.69) is 9.97 Å². The van der Waals surface area contributed by atoms with Crippen molar-refractivity contribution in [3.63, 3.8) is 0 Å². The molecule has 1 aliphatic rings. The van der Waals surface area contributed by atoms with Gasteiger partial charge in [-0.1, -0.05) is 6.07 Å². The summed E-state index contributed by atoms with van der Waals surface area (Å²) in [4.78, 5) is 33.4. The van der Waals surface area contributed by atoms with Crippen LogP contribution < -0.4 is 0 Å². The molecule has 1 saturated heterocycles. The highest BCUT2D eigenvalue weighted by Gasteiger charge is 2.33. The van der Waals surface area contributed by atoms with E-state index in [9.17, 15) is 23.5 Å². The third-order valence-corrected chi connectivity index (χ3v) is 5.64. The molecule has 2 aromatic carbocycles. The number of carboxylic acid groups (broad SMARTS) is 1. The van der Waals surface area contributed by atoms with Crippen molar-refractivity contribution in [3.8, 4) is 0 Å². The number of benzene rings is 2. The molecule has 6 nitrogen and oxygen atoms in total. The molecule has 2 atom stereocenters. The van der Waals surface area contributed by atoms with Gasteiger partial charge in [-0.25, -0.2) is 13.8 Å². The summed E-state index contributed by atoms with van der Waals surface area (Å²) < 4.78 is 27.0. The van der Waals surface area contributed by atoms with E-state index < -0.39 is 11.8 Å². The van der Waals surface area contributed by atoms with Crippen LogP contribution in [0.15, 0.2) is 42.5 Å². The van der Waals surface area contributed by atoms with Gasteiger partial charge in [-0.05, 0) is 54.7 Å². The molecule has 1 aliphatic heterocycles. The third-order valence-electron chi connectivity index (χ3n) is 5.64. The number of aliphatic carboxylic acids is 1. The van der Waals surface area contributed by atoms with Crippen LogP contribution in [0.4, 0.5) is 8.78 Å². The number of rotatable bonds is 5. The maximum Gasteiger partial charge on any atom is 0.303 e. The van der Waals surface area contributed by atoms with E-state index in [1.807, 2.05) is 0 Å². The Balaban J connectivity index is 1.55. The van der Waals surface area contributed by atoms with Gasteiger partial charge in [-0.2, -0.15) is 0 Å². The lowest BCUT2D eigenvalue weighted by atomic mass is 9.81. The summed E-state index contributed by atoms with van der Waals surface area (Å²) in [6.07, 6.45) is 0.968. The summed E-state index contributed by atoms with van der Waals surface area (Å²) >= 11 is 0. The number of aromatic nitrogens is 2. The van der Waals surface area contributed by atoms with Gasteiger partial charge in [0, 0.05) is 31.5 Å². The van der Waals surface area contributed by atoms with Gasteiger partial charge in [-0.3, -0.25) is 9.59 Å². The highest BCUT2D eigenvalue weighted by molar-refractivity contribution is 5.94. The lowest BCUT2D eigenvalue weighted by molar-refractivity contribution is -0.139. The molecule has 2 heterocycles. The van der Waals surface area contributed by atoms with Gasteiger partial charge in [0.15, 0.2) is 0 Å². The predicted octanol–water partition coefficient (Wildman–Crippen LogP) is 3.64. The fourth-order valence-electron chi connectivity index (χ4n) is 4.17. The lowest BCUT2D eigenvalue weighted by Crippen LogP contribution is -2.45. The number of carboxylic acids is 1. The Hall–Kier alpha value is -3.29. The first kappa shape index (κ1) is 20.0. The van der Waals surface area contributed by atoms with Crippen molar-refractivity contribution in [2.45, 2.75) is 19.3 Å². The van der Waals surface area contributed by atoms with Crippen LogP contribution in [0.2, 0.25) is 0 Å². The minimum atomic E-state index is -0.887. The van der Waals surface area contributed by atoms with E-state index >= 15 is 0 Å². The number of aromatic amines is 1. The molecule has 0 spiro atoms. The second-order valence-electron chi connectivity index (χ2n) is 7.72. The number of nitrogens with one attached hydrogen (secondary N) is 1. The van der Waals surface area contributed by atoms with Crippen LogP contribution in [0, 0.1) is 23.5 Å². The summed E-state index contributed by atoms with van der Waals surface area (Å²) in [5.74, 6) is -1.65. The van der Waals surface area contributed by atoms with Crippen LogP contribution in [0.3, 0.4) is 0 Å². The standard InChI is InChI=1S/C22H21F2N3O3/c23-16-3-1-2-14(8-16)22(30)27-7-6-13(10-21(28)29)15(12-27)9-20-25-18-5-4-17(24)11-19(18)26-20/h1-5,8,11,13,15H,6-7,9-10,12H2,(H,25,26)(H,28,29). The molecule has 2 N–H and O–H groups in total. The predicted molar refractivity (Wildman–Crippen MR) is 106 cm³/mol. The van der Waals surface area contributed by atoms with Crippen molar-refractivity contribution in [3.05, 3.63) is 65.5 Å². The number of fused-ring (bicyclic) bond motifs is 1. The monoisotopic (exact) mass is 413 g/mol. The summed E-state index contributed by atoms with van der Waals surface area (Å²) in [5, 5.41) is 9.29. The van der Waals surface area contributed by atoms with E-state index in [1.165, 1.54) is 30.3 Å². The zero-order valence-corrected chi connectivity index (χ0v) is 16.1. The number of likely N-dealkylation sites (tertiary alicyclic amines) is 1. The Morgan fingerprint density at radius 1 is 1.13 bits per heavy atom. The highest BCUT2D eigenvalue weighted by Crippen LogP contribution is 2.30. The number of hydrogen-bond acceptors (Lipinski definition) is 3. The molecule has 2 unspecified atom stereocenters. The molecule has 1 fully saturated rings. The first-order chi connectivity index (χ1) is 14.4. The van der Waals surface area contributed by atoms with Crippen molar-refractivity contribution < 1.29 is 23.5 Å². The first-order valence-electron chi connectivity index (χ1n) is 9.80. The number of amides is 1. The van der Waals surface area contributed by atoms with Gasteiger partial charge in [0.1, 0.15) is 17.5 Å². The summed E-state index contributed by atoms with van der Waals surface area (Å²) in [7, 11) is 0. The van der Waals surface area contributed by atoms with Gasteiger partial charge in [0.25, 0.3) is 5.91 Å². The first-order valence-corrected chi connectivity index (χ1v) is 9.80. The van der Waals surface area contributed by atoms with Crippen molar-refractivity contribution in [2.24, 2.45) is 11.8 Å². The zero-order chi connectivity index (χ0) is 21.3. The van der Waals surface area contributed by atoms with E-state index in [4.69, 9.17) is 0 Å². The molecule has 0 aliphatic carbocycles. The smallest absolute Gasteiger partial charge is 0.303 e. The molecule has 4 rings (SSSR count). The van der Waals surface area contributed by atoms with Gasteiger partial charge < -0.3 is 15.0 Å². The molecule has 0 saturated carbocycles. The number of piperidine rings is 1. The molecule has 156 valence electrons. The average Bonchev–Trinajstić information content (AvgIpc) is 3.09. The zero-order valence-electron chi connectivity index (χ0n) is 16.1. The molecule has 0 radical (unpaired) electrons. The van der Waals surface area contributed by atoms with E-state index in [-0.39, 0.29) is 35.5 Å². The largest absolute Gasteiger partial charge is 0.481 e. The average molecular weight is 413 g/mol. The summed E-state index contributed by atoms with van der Waals surface area (Å²) in [6, 6.07) is 9.82. The fourth-order valence-corrected chi connectivity index (χ4v) is 4.17. The van der Waals surface area contributed by atoms with Crippen molar-refractivity contribution in [1.29, 1.82) is 0 Å². The normalized spacial score (nSPS) is 19.2. The number of halogens is 2. The Kier molecular flexibility index (Phi) is 5.48. The Bertz CT molecular complexity index is 1100. The number of imidazole rings is 1. The third kappa shape index (κ3) is 4.32. The van der Waals surface area contributed by atoms with Gasteiger partial charge in [-0.15, -0.1) is 0 Å². The SMILES string of the molecule is O=C(O)CC1CCN(C(=O)c2cccc(F)c2)CC1Cc1nc2ccc(F)cc2[nH]1. The minimum absolute atomic E-state index is 0.00151. The van der Waals surface area contributed by atoms with Crippen LogP contribution >= 0.6 is 0 Å². The Morgan fingerprint density at radius 2 is 1.93 bits per heavy atom. The molecule has 8 heteroatoms. The minimum Gasteiger partial charge on any atom is -0.481 e.